The van der Waals surface area contributed by atoms with Crippen LogP contribution >= 0.6 is 0 Å². The third kappa shape index (κ3) is 2.03. The number of aryl methyl sites for hydroxylation is 2. The van der Waals surface area contributed by atoms with Gasteiger partial charge in [0.05, 0.1) is 12.0 Å². The van der Waals surface area contributed by atoms with Gasteiger partial charge in [-0.3, -0.25) is 4.79 Å². The number of aliphatic hydroxyl groups excluding tert-OH is 1. The molecule has 1 aliphatic rings. The van der Waals surface area contributed by atoms with Gasteiger partial charge in [-0.25, -0.2) is 0 Å². The van der Waals surface area contributed by atoms with Crippen molar-refractivity contribution in [2.45, 2.75) is 33.1 Å². The molecule has 2 rings (SSSR count). The van der Waals surface area contributed by atoms with Gasteiger partial charge in [-0.2, -0.15) is 0 Å². The minimum atomic E-state index is -0.520. The molecule has 18 heavy (non-hydrogen) atoms. The first-order valence-electron chi connectivity index (χ1n) is 6.46. The zero-order valence-electron chi connectivity index (χ0n) is 11.4. The fourth-order valence-corrected chi connectivity index (χ4v) is 2.45. The smallest absolute Gasteiger partial charge is 0.235 e. The first-order valence-corrected chi connectivity index (χ1v) is 6.46. The highest BCUT2D eigenvalue weighted by atomic mass is 16.3. The van der Waals surface area contributed by atoms with Gasteiger partial charge < -0.3 is 10.0 Å². The van der Waals surface area contributed by atoms with Crippen molar-refractivity contribution in [2.24, 2.45) is 5.41 Å². The molecule has 3 heteroatoms. The van der Waals surface area contributed by atoms with E-state index >= 15 is 0 Å². The van der Waals surface area contributed by atoms with E-state index in [9.17, 15) is 9.90 Å². The van der Waals surface area contributed by atoms with Crippen LogP contribution in [0.5, 0.6) is 0 Å². The van der Waals surface area contributed by atoms with Crippen molar-refractivity contribution in [3.8, 4) is 0 Å². The fraction of sp³-hybridized carbons (Fsp3) is 0.533. The average molecular weight is 247 g/mol. The molecule has 0 spiro atoms. The molecular weight excluding hydrogens is 226 g/mol. The summed E-state index contributed by atoms with van der Waals surface area (Å²) in [5.41, 5.74) is 2.79. The maximum Gasteiger partial charge on any atom is 0.235 e. The second-order valence-electron chi connectivity index (χ2n) is 5.42. The summed E-state index contributed by atoms with van der Waals surface area (Å²) in [6, 6.07) is 6.02. The van der Waals surface area contributed by atoms with Crippen LogP contribution in [0.3, 0.4) is 0 Å². The Morgan fingerprint density at radius 2 is 2.00 bits per heavy atom. The summed E-state index contributed by atoms with van der Waals surface area (Å²) >= 11 is 0. The zero-order chi connectivity index (χ0) is 13.3. The van der Waals surface area contributed by atoms with Gasteiger partial charge in [0.1, 0.15) is 0 Å². The third-order valence-electron chi connectivity index (χ3n) is 4.25. The highest BCUT2D eigenvalue weighted by Gasteiger charge is 2.45. The Labute approximate surface area is 108 Å². The molecule has 0 bridgehead atoms. The lowest BCUT2D eigenvalue weighted by atomic mass is 9.68. The number of carbonyl (C=O) groups excluding carboxylic acids is 1. The number of nitrogens with zero attached hydrogens (tertiary/aromatic N) is 1. The van der Waals surface area contributed by atoms with Crippen molar-refractivity contribution in [2.75, 3.05) is 18.6 Å². The van der Waals surface area contributed by atoms with E-state index in [0.717, 1.165) is 24.9 Å². The molecule has 0 aromatic heterocycles. The largest absolute Gasteiger partial charge is 0.395 e. The number of amides is 1. The van der Waals surface area contributed by atoms with Crippen LogP contribution in [0, 0.1) is 19.3 Å². The van der Waals surface area contributed by atoms with Crippen LogP contribution in [0.15, 0.2) is 18.2 Å². The predicted octanol–water partition coefficient (Wildman–Crippen LogP) is 2.43. The van der Waals surface area contributed by atoms with Gasteiger partial charge in [-0.1, -0.05) is 12.5 Å². The summed E-state index contributed by atoms with van der Waals surface area (Å²) < 4.78 is 0. The number of carbonyl (C=O) groups is 1. The molecule has 1 N–H and O–H groups in total. The van der Waals surface area contributed by atoms with E-state index in [0.29, 0.717) is 0 Å². The molecule has 1 saturated carbocycles. The van der Waals surface area contributed by atoms with Crippen LogP contribution in [0.4, 0.5) is 5.69 Å². The summed E-state index contributed by atoms with van der Waals surface area (Å²) in [6.07, 6.45) is 2.64. The van der Waals surface area contributed by atoms with Crippen molar-refractivity contribution in [3.05, 3.63) is 29.3 Å². The minimum absolute atomic E-state index is 0.0407. The molecule has 1 aromatic rings. The van der Waals surface area contributed by atoms with E-state index in [1.807, 2.05) is 25.1 Å². The molecule has 0 aliphatic heterocycles. The standard InChI is InChI=1S/C15H21NO2/c1-11-5-6-13(9-12(11)2)16(3)14(18)15(10-17)7-4-8-15/h5-6,9,17H,4,7-8,10H2,1-3H3. The predicted molar refractivity (Wildman–Crippen MR) is 72.7 cm³/mol. The summed E-state index contributed by atoms with van der Waals surface area (Å²) in [5.74, 6) is 0.0412. The van der Waals surface area contributed by atoms with Crippen LogP contribution in [0.2, 0.25) is 0 Å². The summed E-state index contributed by atoms with van der Waals surface area (Å²) in [6.45, 7) is 4.06. The SMILES string of the molecule is Cc1ccc(N(C)C(=O)C2(CO)CCC2)cc1C. The number of hydrogen-bond acceptors (Lipinski definition) is 2. The molecule has 1 fully saturated rings. The Kier molecular flexibility index (Phi) is 3.44. The van der Waals surface area contributed by atoms with Crippen LogP contribution in [0.1, 0.15) is 30.4 Å². The lowest BCUT2D eigenvalue weighted by Crippen LogP contribution is -2.49. The number of hydrogen-bond donors (Lipinski definition) is 1. The van der Waals surface area contributed by atoms with Gasteiger partial charge in [-0.05, 0) is 49.9 Å². The molecule has 1 amide bonds. The molecule has 0 unspecified atom stereocenters. The van der Waals surface area contributed by atoms with Gasteiger partial charge in [0.25, 0.3) is 0 Å². The summed E-state index contributed by atoms with van der Waals surface area (Å²) in [5, 5.41) is 9.45. The molecule has 0 heterocycles. The van der Waals surface area contributed by atoms with E-state index in [1.54, 1.807) is 11.9 Å². The second-order valence-corrected chi connectivity index (χ2v) is 5.42. The normalized spacial score (nSPS) is 17.1. The zero-order valence-corrected chi connectivity index (χ0v) is 11.4. The van der Waals surface area contributed by atoms with Crippen molar-refractivity contribution in [3.63, 3.8) is 0 Å². The van der Waals surface area contributed by atoms with Crippen molar-refractivity contribution < 1.29 is 9.90 Å². The highest BCUT2D eigenvalue weighted by molar-refractivity contribution is 5.97. The number of aliphatic hydroxyl groups is 1. The molecule has 0 saturated heterocycles. The summed E-state index contributed by atoms with van der Waals surface area (Å²) in [4.78, 5) is 14.1. The Hall–Kier alpha value is -1.35. The van der Waals surface area contributed by atoms with E-state index < -0.39 is 5.41 Å². The molecule has 1 aliphatic carbocycles. The fourth-order valence-electron chi connectivity index (χ4n) is 2.45. The minimum Gasteiger partial charge on any atom is -0.395 e. The third-order valence-corrected chi connectivity index (χ3v) is 4.25. The first-order chi connectivity index (χ1) is 8.50. The maximum atomic E-state index is 12.4. The van der Waals surface area contributed by atoms with Crippen LogP contribution in [0.25, 0.3) is 0 Å². The maximum absolute atomic E-state index is 12.4. The molecule has 1 aromatic carbocycles. The Balaban J connectivity index is 2.22. The number of rotatable bonds is 3. The van der Waals surface area contributed by atoms with Crippen molar-refractivity contribution in [1.82, 2.24) is 0 Å². The van der Waals surface area contributed by atoms with Crippen molar-refractivity contribution >= 4 is 11.6 Å². The second kappa shape index (κ2) is 4.73. The highest BCUT2D eigenvalue weighted by Crippen LogP contribution is 2.42. The van der Waals surface area contributed by atoms with E-state index in [4.69, 9.17) is 0 Å². The van der Waals surface area contributed by atoms with E-state index in [-0.39, 0.29) is 12.5 Å². The Bertz CT molecular complexity index is 458. The van der Waals surface area contributed by atoms with Crippen molar-refractivity contribution in [1.29, 1.82) is 0 Å². The van der Waals surface area contributed by atoms with Crippen LogP contribution in [-0.2, 0) is 4.79 Å². The van der Waals surface area contributed by atoms with Gasteiger partial charge in [0, 0.05) is 12.7 Å². The lowest BCUT2D eigenvalue weighted by Gasteiger charge is -2.41. The number of benzene rings is 1. The quantitative estimate of drug-likeness (QED) is 0.891. The number of anilines is 1. The Morgan fingerprint density at radius 1 is 1.33 bits per heavy atom. The molecular formula is C15H21NO2. The topological polar surface area (TPSA) is 40.5 Å². The van der Waals surface area contributed by atoms with Gasteiger partial charge in [0.2, 0.25) is 5.91 Å². The van der Waals surface area contributed by atoms with Gasteiger partial charge >= 0.3 is 0 Å². The van der Waals surface area contributed by atoms with Gasteiger partial charge in [0.15, 0.2) is 0 Å². The van der Waals surface area contributed by atoms with E-state index in [1.165, 1.54) is 11.1 Å². The van der Waals surface area contributed by atoms with E-state index in [2.05, 4.69) is 6.92 Å². The molecule has 0 radical (unpaired) electrons. The van der Waals surface area contributed by atoms with Crippen LogP contribution in [-0.4, -0.2) is 24.7 Å². The Morgan fingerprint density at radius 3 is 2.44 bits per heavy atom. The van der Waals surface area contributed by atoms with Crippen LogP contribution < -0.4 is 4.90 Å². The average Bonchev–Trinajstić information content (AvgIpc) is 2.31. The first kappa shape index (κ1) is 13.1. The lowest BCUT2D eigenvalue weighted by molar-refractivity contribution is -0.136. The monoisotopic (exact) mass is 247 g/mol. The molecule has 0 atom stereocenters. The molecule has 98 valence electrons. The van der Waals surface area contributed by atoms with Gasteiger partial charge in [-0.15, -0.1) is 0 Å². The molecule has 3 nitrogen and oxygen atoms in total. The summed E-state index contributed by atoms with van der Waals surface area (Å²) in [7, 11) is 1.79.